The fraction of sp³-hybridized carbons (Fsp3) is 0.500. The summed E-state index contributed by atoms with van der Waals surface area (Å²) in [7, 11) is 0. The maximum Gasteiger partial charge on any atom is 0.248 e. The smallest absolute Gasteiger partial charge is 0.248 e. The van der Waals surface area contributed by atoms with Gasteiger partial charge in [-0.25, -0.2) is 0 Å². The lowest BCUT2D eigenvalue weighted by molar-refractivity contribution is -0.121. The van der Waals surface area contributed by atoms with Crippen LogP contribution in [0.3, 0.4) is 0 Å². The van der Waals surface area contributed by atoms with Crippen LogP contribution in [0.15, 0.2) is 30.3 Å². The molecule has 0 fully saturated rings. The summed E-state index contributed by atoms with van der Waals surface area (Å²) >= 11 is 0. The fourth-order valence-electron chi connectivity index (χ4n) is 2.23. The standard InChI is InChI=1S/C16H25N7O/c1-3-10-17-11-12-18-15(24)14(4-2)19-16-20-21-22-23(16)13-8-6-5-7-9-13/h5-9,14,17H,3-4,10-12H2,1-2H3,(H,18,24)(H,19,20,22). The molecule has 0 bridgehead atoms. The van der Waals surface area contributed by atoms with Crippen molar-refractivity contribution < 1.29 is 4.79 Å². The summed E-state index contributed by atoms with van der Waals surface area (Å²) in [6.07, 6.45) is 1.71. The summed E-state index contributed by atoms with van der Waals surface area (Å²) in [5.41, 5.74) is 0.837. The van der Waals surface area contributed by atoms with E-state index in [1.54, 1.807) is 4.68 Å². The molecular weight excluding hydrogens is 306 g/mol. The van der Waals surface area contributed by atoms with Crippen LogP contribution in [-0.2, 0) is 4.79 Å². The van der Waals surface area contributed by atoms with Gasteiger partial charge in [0.2, 0.25) is 11.9 Å². The largest absolute Gasteiger partial charge is 0.353 e. The van der Waals surface area contributed by atoms with Gasteiger partial charge in [0.05, 0.1) is 5.69 Å². The Hall–Kier alpha value is -2.48. The van der Waals surface area contributed by atoms with Crippen LogP contribution in [-0.4, -0.2) is 51.8 Å². The van der Waals surface area contributed by atoms with Gasteiger partial charge in [0.15, 0.2) is 0 Å². The molecule has 0 saturated carbocycles. The molecule has 0 spiro atoms. The molecular formula is C16H25N7O. The number of amides is 1. The van der Waals surface area contributed by atoms with Crippen molar-refractivity contribution in [2.45, 2.75) is 32.7 Å². The molecule has 0 radical (unpaired) electrons. The predicted octanol–water partition coefficient (Wildman–Crippen LogP) is 0.969. The lowest BCUT2D eigenvalue weighted by atomic mass is 10.2. The average molecular weight is 331 g/mol. The normalized spacial score (nSPS) is 11.9. The Morgan fingerprint density at radius 1 is 1.17 bits per heavy atom. The summed E-state index contributed by atoms with van der Waals surface area (Å²) in [5, 5.41) is 21.0. The predicted molar refractivity (Wildman–Crippen MR) is 93.0 cm³/mol. The lowest BCUT2D eigenvalue weighted by Crippen LogP contribution is -2.42. The van der Waals surface area contributed by atoms with E-state index in [2.05, 4.69) is 38.4 Å². The number of carbonyl (C=O) groups excluding carboxylic acids is 1. The van der Waals surface area contributed by atoms with Crippen LogP contribution < -0.4 is 16.0 Å². The van der Waals surface area contributed by atoms with Crippen LogP contribution in [0.2, 0.25) is 0 Å². The Morgan fingerprint density at radius 3 is 2.67 bits per heavy atom. The number of rotatable bonds is 10. The van der Waals surface area contributed by atoms with Crippen LogP contribution in [0, 0.1) is 0 Å². The number of para-hydroxylation sites is 1. The average Bonchev–Trinajstić information content (AvgIpc) is 3.08. The minimum absolute atomic E-state index is 0.0570. The van der Waals surface area contributed by atoms with Gasteiger partial charge in [0.25, 0.3) is 0 Å². The Kier molecular flexibility index (Phi) is 7.16. The zero-order valence-electron chi connectivity index (χ0n) is 14.2. The minimum Gasteiger partial charge on any atom is -0.353 e. The molecule has 1 atom stereocenters. The van der Waals surface area contributed by atoms with Crippen LogP contribution in [0.4, 0.5) is 5.95 Å². The molecule has 130 valence electrons. The second-order valence-corrected chi connectivity index (χ2v) is 5.40. The van der Waals surface area contributed by atoms with Gasteiger partial charge in [-0.2, -0.15) is 4.68 Å². The van der Waals surface area contributed by atoms with E-state index in [1.807, 2.05) is 37.3 Å². The van der Waals surface area contributed by atoms with Gasteiger partial charge in [0.1, 0.15) is 6.04 Å². The van der Waals surface area contributed by atoms with Crippen LogP contribution >= 0.6 is 0 Å². The molecule has 1 aromatic carbocycles. The zero-order chi connectivity index (χ0) is 17.2. The number of anilines is 1. The van der Waals surface area contributed by atoms with Gasteiger partial charge in [0, 0.05) is 13.1 Å². The molecule has 1 amide bonds. The highest BCUT2D eigenvalue weighted by molar-refractivity contribution is 5.84. The monoisotopic (exact) mass is 331 g/mol. The van der Waals surface area contributed by atoms with E-state index in [9.17, 15) is 4.79 Å². The second-order valence-electron chi connectivity index (χ2n) is 5.40. The van der Waals surface area contributed by atoms with Crippen LogP contribution in [0.25, 0.3) is 5.69 Å². The first-order valence-electron chi connectivity index (χ1n) is 8.35. The molecule has 1 heterocycles. The van der Waals surface area contributed by atoms with E-state index in [-0.39, 0.29) is 11.9 Å². The van der Waals surface area contributed by atoms with E-state index in [1.165, 1.54) is 0 Å². The second kappa shape index (κ2) is 9.61. The quantitative estimate of drug-likeness (QED) is 0.561. The van der Waals surface area contributed by atoms with Gasteiger partial charge in [-0.1, -0.05) is 37.1 Å². The number of carbonyl (C=O) groups is 1. The van der Waals surface area contributed by atoms with Crippen LogP contribution in [0.1, 0.15) is 26.7 Å². The van der Waals surface area contributed by atoms with Gasteiger partial charge < -0.3 is 16.0 Å². The molecule has 8 heteroatoms. The molecule has 8 nitrogen and oxygen atoms in total. The van der Waals surface area contributed by atoms with Gasteiger partial charge in [-0.05, 0) is 41.9 Å². The number of tetrazole rings is 1. The summed E-state index contributed by atoms with van der Waals surface area (Å²) in [5.74, 6) is 0.394. The van der Waals surface area contributed by atoms with Crippen molar-refractivity contribution in [3.8, 4) is 5.69 Å². The molecule has 0 aliphatic heterocycles. The number of nitrogens with zero attached hydrogens (tertiary/aromatic N) is 4. The Labute approximate surface area is 142 Å². The van der Waals surface area contributed by atoms with Gasteiger partial charge in [-0.3, -0.25) is 4.79 Å². The summed E-state index contributed by atoms with van der Waals surface area (Å²) in [6.45, 7) is 6.37. The van der Waals surface area contributed by atoms with Gasteiger partial charge in [-0.15, -0.1) is 0 Å². The minimum atomic E-state index is -0.385. The van der Waals surface area contributed by atoms with E-state index in [4.69, 9.17) is 0 Å². The Morgan fingerprint density at radius 2 is 1.96 bits per heavy atom. The van der Waals surface area contributed by atoms with Crippen molar-refractivity contribution in [3.05, 3.63) is 30.3 Å². The first kappa shape index (κ1) is 17.9. The molecule has 2 rings (SSSR count). The number of aromatic nitrogens is 4. The number of hydrogen-bond acceptors (Lipinski definition) is 6. The van der Waals surface area contributed by atoms with Crippen molar-refractivity contribution in [2.75, 3.05) is 25.0 Å². The Balaban J connectivity index is 1.93. The number of benzene rings is 1. The summed E-state index contributed by atoms with van der Waals surface area (Å²) in [6, 6.07) is 9.17. The highest BCUT2D eigenvalue weighted by Gasteiger charge is 2.19. The SMILES string of the molecule is CCCNCCNC(=O)C(CC)Nc1nnnn1-c1ccccc1. The zero-order valence-corrected chi connectivity index (χ0v) is 14.2. The third-order valence-corrected chi connectivity index (χ3v) is 3.53. The molecule has 1 unspecified atom stereocenters. The van der Waals surface area contributed by atoms with E-state index in [0.717, 1.165) is 25.2 Å². The molecule has 1 aromatic heterocycles. The van der Waals surface area contributed by atoms with E-state index < -0.39 is 0 Å². The topological polar surface area (TPSA) is 96.8 Å². The van der Waals surface area contributed by atoms with Crippen LogP contribution in [0.5, 0.6) is 0 Å². The fourth-order valence-corrected chi connectivity index (χ4v) is 2.23. The molecule has 24 heavy (non-hydrogen) atoms. The van der Waals surface area contributed by atoms with Gasteiger partial charge >= 0.3 is 0 Å². The van der Waals surface area contributed by atoms with Crippen molar-refractivity contribution in [1.82, 2.24) is 30.8 Å². The molecule has 2 aromatic rings. The molecule has 0 aliphatic carbocycles. The summed E-state index contributed by atoms with van der Waals surface area (Å²) < 4.78 is 1.58. The highest BCUT2D eigenvalue weighted by atomic mass is 16.2. The van der Waals surface area contributed by atoms with E-state index in [0.29, 0.717) is 18.9 Å². The van der Waals surface area contributed by atoms with Crippen molar-refractivity contribution in [2.24, 2.45) is 0 Å². The molecule has 0 saturated heterocycles. The lowest BCUT2D eigenvalue weighted by Gasteiger charge is -2.17. The number of nitrogens with one attached hydrogen (secondary N) is 3. The highest BCUT2D eigenvalue weighted by Crippen LogP contribution is 2.12. The molecule has 3 N–H and O–H groups in total. The Bertz CT molecular complexity index is 614. The number of hydrogen-bond donors (Lipinski definition) is 3. The third kappa shape index (κ3) is 5.02. The maximum absolute atomic E-state index is 12.3. The third-order valence-electron chi connectivity index (χ3n) is 3.53. The van der Waals surface area contributed by atoms with Crippen molar-refractivity contribution in [3.63, 3.8) is 0 Å². The van der Waals surface area contributed by atoms with Crippen molar-refractivity contribution in [1.29, 1.82) is 0 Å². The molecule has 0 aliphatic rings. The maximum atomic E-state index is 12.3. The summed E-state index contributed by atoms with van der Waals surface area (Å²) in [4.78, 5) is 12.3. The van der Waals surface area contributed by atoms with Crippen molar-refractivity contribution >= 4 is 11.9 Å². The first-order valence-corrected chi connectivity index (χ1v) is 8.35. The first-order chi connectivity index (χ1) is 11.8. The van der Waals surface area contributed by atoms with E-state index >= 15 is 0 Å².